The number of amides is 1. The van der Waals surface area contributed by atoms with Crippen LogP contribution in [0, 0.1) is 5.92 Å². The highest BCUT2D eigenvalue weighted by Gasteiger charge is 2.21. The minimum atomic E-state index is -0.167. The Balaban J connectivity index is 1.65. The first kappa shape index (κ1) is 15.8. The average molecular weight is 292 g/mol. The first-order valence-corrected chi connectivity index (χ1v) is 7.70. The molecule has 0 spiro atoms. The van der Waals surface area contributed by atoms with Gasteiger partial charge in [-0.25, -0.2) is 0 Å². The number of hydrogen-bond acceptors (Lipinski definition) is 3. The summed E-state index contributed by atoms with van der Waals surface area (Å²) in [4.78, 5) is 23.2. The lowest BCUT2D eigenvalue weighted by Crippen LogP contribution is -2.35. The van der Waals surface area contributed by atoms with Crippen molar-refractivity contribution in [1.82, 2.24) is 9.88 Å². The standard InChI is InChI=1S/C16H24N2O3/c1-13-6-2-3-7-14(13)21-11-9-17-15(19)12-18-10-5-4-8-16(18)20/h4-5,8,10,13-14H,2-3,6-7,9,11-12H2,1H3,(H,17,19). The van der Waals surface area contributed by atoms with Crippen LogP contribution in [0.15, 0.2) is 29.2 Å². The minimum Gasteiger partial charge on any atom is -0.376 e. The van der Waals surface area contributed by atoms with E-state index >= 15 is 0 Å². The maximum atomic E-state index is 11.8. The van der Waals surface area contributed by atoms with Crippen LogP contribution in [0.4, 0.5) is 0 Å². The predicted octanol–water partition coefficient (Wildman–Crippen LogP) is 1.56. The summed E-state index contributed by atoms with van der Waals surface area (Å²) in [7, 11) is 0. The van der Waals surface area contributed by atoms with Crippen molar-refractivity contribution in [3.05, 3.63) is 34.7 Å². The zero-order chi connectivity index (χ0) is 15.1. The van der Waals surface area contributed by atoms with E-state index < -0.39 is 0 Å². The van der Waals surface area contributed by atoms with Crippen molar-refractivity contribution in [2.24, 2.45) is 5.92 Å². The molecule has 2 unspecified atom stereocenters. The molecule has 0 bridgehead atoms. The van der Waals surface area contributed by atoms with Crippen molar-refractivity contribution in [2.75, 3.05) is 13.2 Å². The second kappa shape index (κ2) is 7.98. The SMILES string of the molecule is CC1CCCCC1OCCNC(=O)Cn1ccccc1=O. The Kier molecular flexibility index (Phi) is 5.99. The van der Waals surface area contributed by atoms with Crippen LogP contribution in [0.25, 0.3) is 0 Å². The van der Waals surface area contributed by atoms with Gasteiger partial charge in [0, 0.05) is 18.8 Å². The number of pyridine rings is 1. The molecule has 0 aliphatic heterocycles. The normalized spacial score (nSPS) is 22.0. The number of hydrogen-bond donors (Lipinski definition) is 1. The molecule has 1 aliphatic carbocycles. The van der Waals surface area contributed by atoms with E-state index in [0.717, 1.165) is 6.42 Å². The van der Waals surface area contributed by atoms with Gasteiger partial charge in [-0.1, -0.05) is 25.8 Å². The molecule has 1 aliphatic rings. The van der Waals surface area contributed by atoms with E-state index in [2.05, 4.69) is 12.2 Å². The smallest absolute Gasteiger partial charge is 0.250 e. The Labute approximate surface area is 125 Å². The van der Waals surface area contributed by atoms with E-state index in [4.69, 9.17) is 4.74 Å². The van der Waals surface area contributed by atoms with E-state index in [0.29, 0.717) is 25.2 Å². The number of nitrogens with zero attached hydrogens (tertiary/aromatic N) is 1. The Morgan fingerprint density at radius 2 is 2.19 bits per heavy atom. The molecule has 2 rings (SSSR count). The monoisotopic (exact) mass is 292 g/mol. The zero-order valence-corrected chi connectivity index (χ0v) is 12.6. The van der Waals surface area contributed by atoms with E-state index in [1.54, 1.807) is 18.3 Å². The van der Waals surface area contributed by atoms with Crippen LogP contribution in [0.1, 0.15) is 32.6 Å². The molecule has 0 saturated heterocycles. The van der Waals surface area contributed by atoms with Crippen LogP contribution in [-0.4, -0.2) is 29.7 Å². The highest BCUT2D eigenvalue weighted by atomic mass is 16.5. The quantitative estimate of drug-likeness (QED) is 0.809. The van der Waals surface area contributed by atoms with E-state index in [1.807, 2.05) is 0 Å². The molecule has 1 aromatic rings. The van der Waals surface area contributed by atoms with Crippen LogP contribution in [0.5, 0.6) is 0 Å². The summed E-state index contributed by atoms with van der Waals surface area (Å²) in [6.07, 6.45) is 6.82. The van der Waals surface area contributed by atoms with Crippen molar-refractivity contribution >= 4 is 5.91 Å². The number of aromatic nitrogens is 1. The van der Waals surface area contributed by atoms with Gasteiger partial charge in [-0.3, -0.25) is 9.59 Å². The van der Waals surface area contributed by atoms with Gasteiger partial charge in [0.05, 0.1) is 12.7 Å². The van der Waals surface area contributed by atoms with Crippen molar-refractivity contribution in [2.45, 2.75) is 45.3 Å². The highest BCUT2D eigenvalue weighted by Crippen LogP contribution is 2.25. The Morgan fingerprint density at radius 3 is 2.95 bits per heavy atom. The lowest BCUT2D eigenvalue weighted by atomic mass is 9.88. The molecule has 2 atom stereocenters. The van der Waals surface area contributed by atoms with Crippen molar-refractivity contribution in [3.63, 3.8) is 0 Å². The summed E-state index contributed by atoms with van der Waals surface area (Å²) >= 11 is 0. The zero-order valence-electron chi connectivity index (χ0n) is 12.6. The molecule has 5 nitrogen and oxygen atoms in total. The minimum absolute atomic E-state index is 0.0551. The van der Waals surface area contributed by atoms with Gasteiger partial charge in [-0.05, 0) is 24.8 Å². The number of rotatable bonds is 6. The molecule has 1 heterocycles. The summed E-state index contributed by atoms with van der Waals surface area (Å²) in [6.45, 7) is 3.30. The van der Waals surface area contributed by atoms with Crippen molar-refractivity contribution in [1.29, 1.82) is 0 Å². The molecule has 1 N–H and O–H groups in total. The fourth-order valence-corrected chi connectivity index (χ4v) is 2.73. The number of carbonyl (C=O) groups is 1. The van der Waals surface area contributed by atoms with Gasteiger partial charge in [0.15, 0.2) is 0 Å². The van der Waals surface area contributed by atoms with Gasteiger partial charge in [-0.15, -0.1) is 0 Å². The molecule has 21 heavy (non-hydrogen) atoms. The molecule has 1 amide bonds. The van der Waals surface area contributed by atoms with E-state index in [1.165, 1.54) is 29.9 Å². The van der Waals surface area contributed by atoms with E-state index in [9.17, 15) is 9.59 Å². The number of nitrogens with one attached hydrogen (secondary N) is 1. The first-order chi connectivity index (χ1) is 10.2. The van der Waals surface area contributed by atoms with Crippen molar-refractivity contribution < 1.29 is 9.53 Å². The molecular formula is C16H24N2O3. The second-order valence-corrected chi connectivity index (χ2v) is 5.69. The Bertz CT molecular complexity index is 512. The van der Waals surface area contributed by atoms with Crippen LogP contribution in [0.3, 0.4) is 0 Å². The predicted molar refractivity (Wildman–Crippen MR) is 81.1 cm³/mol. The summed E-state index contributed by atoms with van der Waals surface area (Å²) < 4.78 is 7.22. The molecule has 1 aromatic heterocycles. The largest absolute Gasteiger partial charge is 0.376 e. The molecule has 0 aromatic carbocycles. The van der Waals surface area contributed by atoms with Gasteiger partial charge in [-0.2, -0.15) is 0 Å². The molecule has 1 saturated carbocycles. The van der Waals surface area contributed by atoms with Crippen LogP contribution >= 0.6 is 0 Å². The summed E-state index contributed by atoms with van der Waals surface area (Å²) in [6, 6.07) is 4.85. The summed E-state index contributed by atoms with van der Waals surface area (Å²) in [5.41, 5.74) is -0.167. The molecular weight excluding hydrogens is 268 g/mol. The topological polar surface area (TPSA) is 60.3 Å². The fraction of sp³-hybridized carbons (Fsp3) is 0.625. The first-order valence-electron chi connectivity index (χ1n) is 7.70. The average Bonchev–Trinajstić information content (AvgIpc) is 2.48. The lowest BCUT2D eigenvalue weighted by molar-refractivity contribution is -0.122. The van der Waals surface area contributed by atoms with Crippen LogP contribution in [0.2, 0.25) is 0 Å². The van der Waals surface area contributed by atoms with Crippen LogP contribution in [-0.2, 0) is 16.1 Å². The summed E-state index contributed by atoms with van der Waals surface area (Å²) in [5.74, 6) is 0.445. The maximum Gasteiger partial charge on any atom is 0.250 e. The molecule has 1 fully saturated rings. The van der Waals surface area contributed by atoms with Gasteiger partial charge in [0.1, 0.15) is 6.54 Å². The third kappa shape index (κ3) is 5.01. The number of ether oxygens (including phenoxy) is 1. The Morgan fingerprint density at radius 1 is 1.38 bits per heavy atom. The van der Waals surface area contributed by atoms with Gasteiger partial charge in [0.2, 0.25) is 5.91 Å². The van der Waals surface area contributed by atoms with Crippen LogP contribution < -0.4 is 10.9 Å². The highest BCUT2D eigenvalue weighted by molar-refractivity contribution is 5.75. The lowest BCUT2D eigenvalue weighted by Gasteiger charge is -2.28. The van der Waals surface area contributed by atoms with Gasteiger partial charge in [0.25, 0.3) is 5.56 Å². The number of carbonyl (C=O) groups excluding carboxylic acids is 1. The molecule has 5 heteroatoms. The molecule has 116 valence electrons. The Hall–Kier alpha value is -1.62. The fourth-order valence-electron chi connectivity index (χ4n) is 2.73. The van der Waals surface area contributed by atoms with Crippen molar-refractivity contribution in [3.8, 4) is 0 Å². The summed E-state index contributed by atoms with van der Waals surface area (Å²) in [5, 5.41) is 2.79. The van der Waals surface area contributed by atoms with Gasteiger partial charge < -0.3 is 14.6 Å². The van der Waals surface area contributed by atoms with Gasteiger partial charge >= 0.3 is 0 Å². The third-order valence-electron chi connectivity index (χ3n) is 4.00. The maximum absolute atomic E-state index is 11.8. The second-order valence-electron chi connectivity index (χ2n) is 5.69. The third-order valence-corrected chi connectivity index (χ3v) is 4.00. The molecule has 0 radical (unpaired) electrons. The van der Waals surface area contributed by atoms with E-state index in [-0.39, 0.29) is 18.0 Å².